The number of aryl methyl sites for hydroxylation is 1. The molecule has 1 aliphatic rings. The lowest BCUT2D eigenvalue weighted by Gasteiger charge is -2.32. The molecular weight excluding hydrogens is 430 g/mol. The number of likely N-dealkylation sites (tertiary alicyclic amines) is 1. The number of benzene rings is 1. The minimum Gasteiger partial charge on any atom is -0.350 e. The van der Waals surface area contributed by atoms with Crippen molar-refractivity contribution in [3.63, 3.8) is 0 Å². The lowest BCUT2D eigenvalue weighted by Crippen LogP contribution is -2.39. The van der Waals surface area contributed by atoms with Gasteiger partial charge < -0.3 is 14.8 Å². The number of nitrogens with one attached hydrogen (secondary N) is 2. The fourth-order valence-electron chi connectivity index (χ4n) is 4.61. The van der Waals surface area contributed by atoms with E-state index in [-0.39, 0.29) is 23.4 Å². The minimum atomic E-state index is -0.372. The van der Waals surface area contributed by atoms with E-state index in [1.807, 2.05) is 36.2 Å². The van der Waals surface area contributed by atoms with Gasteiger partial charge in [0.05, 0.1) is 11.6 Å². The largest absolute Gasteiger partial charge is 0.350 e. The van der Waals surface area contributed by atoms with Gasteiger partial charge in [-0.1, -0.05) is 0 Å². The number of pyridine rings is 1. The maximum atomic E-state index is 12.8. The molecule has 1 aliphatic heterocycles. The second-order valence-corrected chi connectivity index (χ2v) is 8.48. The van der Waals surface area contributed by atoms with Crippen molar-refractivity contribution in [1.82, 2.24) is 24.6 Å². The predicted octanol–water partition coefficient (Wildman–Crippen LogP) is 3.44. The molecule has 9 nitrogen and oxygen atoms in total. The highest BCUT2D eigenvalue weighted by Crippen LogP contribution is 2.35. The van der Waals surface area contributed by atoms with Crippen molar-refractivity contribution < 1.29 is 9.59 Å². The van der Waals surface area contributed by atoms with E-state index in [9.17, 15) is 9.59 Å². The van der Waals surface area contributed by atoms with Crippen LogP contribution in [0, 0.1) is 11.3 Å². The highest BCUT2D eigenvalue weighted by molar-refractivity contribution is 6.04. The standard InChI is InChI=1S/C25H23N7O2/c1-31-15-20(17-3-2-10-32(14-17)25(34)21-7-9-28-30-21)19-12-18(4-5-23(19)31)29-24(33)22-11-16(13-26)6-8-27-22/h4-9,11-12,15,17H,2-3,10,14H2,1H3,(H,28,30)(H,29,33). The lowest BCUT2D eigenvalue weighted by molar-refractivity contribution is 0.0701. The van der Waals surface area contributed by atoms with Crippen molar-refractivity contribution in [2.45, 2.75) is 18.8 Å². The van der Waals surface area contributed by atoms with Gasteiger partial charge in [-0.05, 0) is 54.8 Å². The number of carbonyl (C=O) groups is 2. The fraction of sp³-hybridized carbons (Fsp3) is 0.240. The highest BCUT2D eigenvalue weighted by Gasteiger charge is 2.28. The van der Waals surface area contributed by atoms with Gasteiger partial charge in [-0.25, -0.2) is 0 Å². The first kappa shape index (κ1) is 21.4. The summed E-state index contributed by atoms with van der Waals surface area (Å²) < 4.78 is 2.07. The number of hydrogen-bond acceptors (Lipinski definition) is 5. The average molecular weight is 454 g/mol. The molecule has 9 heteroatoms. The number of aromatic amines is 1. The third-order valence-electron chi connectivity index (χ3n) is 6.28. The molecule has 4 aromatic rings. The Kier molecular flexibility index (Phi) is 5.55. The number of piperidine rings is 1. The van der Waals surface area contributed by atoms with Crippen molar-refractivity contribution in [1.29, 1.82) is 5.26 Å². The van der Waals surface area contributed by atoms with Crippen LogP contribution in [0.25, 0.3) is 10.9 Å². The average Bonchev–Trinajstić information content (AvgIpc) is 3.52. The van der Waals surface area contributed by atoms with Crippen molar-refractivity contribution in [3.8, 4) is 6.07 Å². The molecule has 4 heterocycles. The van der Waals surface area contributed by atoms with E-state index >= 15 is 0 Å². The molecule has 0 radical (unpaired) electrons. The molecule has 34 heavy (non-hydrogen) atoms. The third-order valence-corrected chi connectivity index (χ3v) is 6.28. The van der Waals surface area contributed by atoms with E-state index in [1.165, 1.54) is 12.3 Å². The Bertz CT molecular complexity index is 1420. The monoisotopic (exact) mass is 453 g/mol. The number of amides is 2. The summed E-state index contributed by atoms with van der Waals surface area (Å²) in [7, 11) is 2.00. The van der Waals surface area contributed by atoms with Gasteiger partial charge >= 0.3 is 0 Å². The Hall–Kier alpha value is -4.45. The molecule has 0 aliphatic carbocycles. The number of aromatic nitrogens is 4. The van der Waals surface area contributed by atoms with Crippen molar-refractivity contribution in [3.05, 3.63) is 77.5 Å². The molecule has 1 aromatic carbocycles. The predicted molar refractivity (Wildman–Crippen MR) is 126 cm³/mol. The van der Waals surface area contributed by atoms with Crippen LogP contribution < -0.4 is 5.32 Å². The van der Waals surface area contributed by atoms with Crippen LogP contribution in [0.15, 0.2) is 55.0 Å². The number of hydrogen-bond donors (Lipinski definition) is 2. The highest BCUT2D eigenvalue weighted by atomic mass is 16.2. The second kappa shape index (κ2) is 8.83. The van der Waals surface area contributed by atoms with Gasteiger partial charge in [0.15, 0.2) is 0 Å². The summed E-state index contributed by atoms with van der Waals surface area (Å²) in [6.07, 6.45) is 7.04. The molecule has 0 saturated carbocycles. The normalized spacial score (nSPS) is 15.8. The van der Waals surface area contributed by atoms with E-state index in [4.69, 9.17) is 5.26 Å². The summed E-state index contributed by atoms with van der Waals surface area (Å²) in [5.74, 6) is -0.227. The van der Waals surface area contributed by atoms with Gasteiger partial charge in [0.1, 0.15) is 11.4 Å². The zero-order chi connectivity index (χ0) is 23.7. The number of nitrogens with zero attached hydrogens (tertiary/aromatic N) is 5. The third kappa shape index (κ3) is 4.01. The van der Waals surface area contributed by atoms with Crippen LogP contribution in [0.2, 0.25) is 0 Å². The zero-order valence-electron chi connectivity index (χ0n) is 18.7. The maximum absolute atomic E-state index is 12.8. The number of nitriles is 1. The first-order valence-electron chi connectivity index (χ1n) is 11.1. The molecule has 1 saturated heterocycles. The van der Waals surface area contributed by atoms with Crippen LogP contribution in [0.4, 0.5) is 5.69 Å². The SMILES string of the molecule is Cn1cc(C2CCCN(C(=O)c3ccn[nH]3)C2)c2cc(NC(=O)c3cc(C#N)ccn3)ccc21. The molecule has 170 valence electrons. The summed E-state index contributed by atoms with van der Waals surface area (Å²) in [6.45, 7) is 1.34. The van der Waals surface area contributed by atoms with Crippen molar-refractivity contribution in [2.75, 3.05) is 18.4 Å². The fourth-order valence-corrected chi connectivity index (χ4v) is 4.61. The molecule has 3 aromatic heterocycles. The summed E-state index contributed by atoms with van der Waals surface area (Å²) in [5, 5.41) is 19.7. The number of carbonyl (C=O) groups excluding carboxylic acids is 2. The summed E-state index contributed by atoms with van der Waals surface area (Å²) in [6, 6.07) is 12.5. The Morgan fingerprint density at radius 3 is 2.88 bits per heavy atom. The minimum absolute atomic E-state index is 0.0394. The molecule has 2 amide bonds. The molecule has 2 N–H and O–H groups in total. The van der Waals surface area contributed by atoms with Gasteiger partial charge in [-0.3, -0.25) is 19.7 Å². The van der Waals surface area contributed by atoms with E-state index in [0.29, 0.717) is 23.5 Å². The van der Waals surface area contributed by atoms with Crippen LogP contribution in [0.5, 0.6) is 0 Å². The summed E-state index contributed by atoms with van der Waals surface area (Å²) >= 11 is 0. The maximum Gasteiger partial charge on any atom is 0.274 e. The van der Waals surface area contributed by atoms with Crippen LogP contribution in [-0.4, -0.2) is 49.6 Å². The number of H-pyrrole nitrogens is 1. The van der Waals surface area contributed by atoms with E-state index in [0.717, 1.165) is 35.9 Å². The Morgan fingerprint density at radius 1 is 1.21 bits per heavy atom. The molecule has 0 spiro atoms. The van der Waals surface area contributed by atoms with E-state index in [2.05, 4.69) is 31.3 Å². The van der Waals surface area contributed by atoms with Crippen LogP contribution in [0.1, 0.15) is 50.9 Å². The second-order valence-electron chi connectivity index (χ2n) is 8.48. The van der Waals surface area contributed by atoms with Gasteiger partial charge in [0.25, 0.3) is 11.8 Å². The van der Waals surface area contributed by atoms with Crippen LogP contribution in [-0.2, 0) is 7.05 Å². The Balaban J connectivity index is 1.41. The molecular formula is C25H23N7O2. The van der Waals surface area contributed by atoms with E-state index in [1.54, 1.807) is 18.3 Å². The van der Waals surface area contributed by atoms with Crippen molar-refractivity contribution in [2.24, 2.45) is 7.05 Å². The van der Waals surface area contributed by atoms with E-state index < -0.39 is 0 Å². The van der Waals surface area contributed by atoms with Gasteiger partial charge in [0.2, 0.25) is 0 Å². The topological polar surface area (TPSA) is 120 Å². The zero-order valence-corrected chi connectivity index (χ0v) is 18.7. The molecule has 5 rings (SSSR count). The molecule has 0 bridgehead atoms. The number of rotatable bonds is 4. The number of anilines is 1. The molecule has 1 atom stereocenters. The van der Waals surface area contributed by atoms with Gasteiger partial charge in [-0.2, -0.15) is 10.4 Å². The summed E-state index contributed by atoms with van der Waals surface area (Å²) in [5.41, 5.74) is 3.92. The van der Waals surface area contributed by atoms with Crippen molar-refractivity contribution >= 4 is 28.4 Å². The summed E-state index contributed by atoms with van der Waals surface area (Å²) in [4.78, 5) is 31.5. The first-order valence-corrected chi connectivity index (χ1v) is 11.1. The lowest BCUT2D eigenvalue weighted by atomic mass is 9.90. The Morgan fingerprint density at radius 2 is 2.09 bits per heavy atom. The molecule has 1 fully saturated rings. The smallest absolute Gasteiger partial charge is 0.274 e. The van der Waals surface area contributed by atoms with Gasteiger partial charge in [0, 0.05) is 61.2 Å². The van der Waals surface area contributed by atoms with Crippen LogP contribution in [0.3, 0.4) is 0 Å². The van der Waals surface area contributed by atoms with Crippen LogP contribution >= 0.6 is 0 Å². The first-order chi connectivity index (χ1) is 16.5. The molecule has 1 unspecified atom stereocenters. The Labute approximate surface area is 196 Å². The van der Waals surface area contributed by atoms with Gasteiger partial charge in [-0.15, -0.1) is 0 Å². The number of fused-ring (bicyclic) bond motifs is 1. The quantitative estimate of drug-likeness (QED) is 0.490.